The van der Waals surface area contributed by atoms with Crippen molar-refractivity contribution in [1.82, 2.24) is 0 Å². The molecule has 7 heteroatoms. The summed E-state index contributed by atoms with van der Waals surface area (Å²) in [6.45, 7) is 6.74. The second kappa shape index (κ2) is 40.2. The van der Waals surface area contributed by atoms with Gasteiger partial charge in [-0.25, -0.2) is 0 Å². The number of rotatable bonds is 13. The van der Waals surface area contributed by atoms with Gasteiger partial charge in [-0.05, 0) is 245 Å². The SMILES string of the molecule is CC(C)(C)c1ccc(Cc2ccc3c(c2)oc2ccccc23)cc1.c1ccc(Cc2ccc3c(c2)oc2ccccc23)cc1.c1ccc2c(-c3ccc(Cc4ccc5c(c4)oc4ccccc45)cc3)cccc2c1.c1ccc2c(Cc3ccc4c(c3)oc3ccccc34)cccc2c1.c1ccc2c(c1)oc1cc(Cc3ccc4c(c3)oc3ccccc34)ccc12.c1ccc2cc(Cc3ccc4c(c3)oc3ccccc34)ccc2c1. The predicted molar refractivity (Wildman–Crippen MR) is 622 cm³/mol. The molecule has 7 heterocycles. The first-order chi connectivity index (χ1) is 73.3. The van der Waals surface area contributed by atoms with Gasteiger partial charge in [0.2, 0.25) is 0 Å². The molecular formula is C142H104O7. The van der Waals surface area contributed by atoms with Gasteiger partial charge in [-0.3, -0.25) is 0 Å². The van der Waals surface area contributed by atoms with E-state index in [2.05, 4.69) is 421 Å². The van der Waals surface area contributed by atoms with Crippen molar-refractivity contribution in [3.05, 3.63) is 576 Å². The van der Waals surface area contributed by atoms with E-state index in [9.17, 15) is 0 Å². The Morgan fingerprint density at radius 3 is 0.711 bits per heavy atom. The predicted octanol–water partition coefficient (Wildman–Crippen LogP) is 39.4. The standard InChI is InChI=1S/C29H20O.C25H16O2.2C23H16O.C23H22O.C19H14O/c1-2-8-24-22(6-1)7-5-10-25(24)23-15-12-20(13-16-23)18-21-14-17-27-26-9-3-4-11-28(26)30-29(27)19-21;1-3-7-22-18(5-1)20-11-9-16(14-24(20)26-22)13-17-10-12-21-19-6-2-4-8-23(19)27-25(21)15-17;1-2-9-19-17(6-1)7-5-8-18(19)14-16-12-13-21-20-10-3-4-11-22(20)24-23(21)15-16;1-2-6-19-14-16(9-11-18(19)5-1)13-17-10-12-21-20-7-3-4-8-22(20)24-23(21)15-17;1-23(2,3)18-11-8-16(9-12-18)14-17-10-13-20-19-6-4-5-7-21(19)24-22(20)15-17;1-2-6-14(7-3-1)12-15-10-11-17-16-8-4-5-9-18(16)20-19(17)13-15/h1-17,19H,18H2;1-12,14-15H,13H2;1-13,15H,14H2;1-12,14-15H,13H2;4-13,15H,14H2,1-3H3;1-11,13H,12H2. The van der Waals surface area contributed by atoms with Crippen LogP contribution in [-0.2, 0) is 43.9 Å². The number of hydrogen-bond donors (Lipinski definition) is 0. The monoisotopic (exact) mass is 1920 g/mol. The van der Waals surface area contributed by atoms with Crippen LogP contribution in [0, 0.1) is 0 Å². The quantitative estimate of drug-likeness (QED) is 0.114. The Balaban J connectivity index is 0.0000000931. The van der Waals surface area contributed by atoms with Crippen LogP contribution in [0.1, 0.15) is 93.1 Å². The van der Waals surface area contributed by atoms with Crippen LogP contribution in [0.25, 0.3) is 197 Å². The fourth-order valence-corrected chi connectivity index (χ4v) is 21.4. The lowest BCUT2D eigenvalue weighted by Gasteiger charge is -2.19. The van der Waals surface area contributed by atoms with Crippen LogP contribution in [0.15, 0.2) is 534 Å². The molecule has 0 bridgehead atoms. The van der Waals surface area contributed by atoms with Crippen molar-refractivity contribution in [3.8, 4) is 11.1 Å². The van der Waals surface area contributed by atoms with Crippen molar-refractivity contribution in [2.24, 2.45) is 0 Å². The summed E-state index contributed by atoms with van der Waals surface area (Å²) < 4.78 is 42.0. The third-order valence-electron chi connectivity index (χ3n) is 28.9. The smallest absolute Gasteiger partial charge is 0.135 e. The van der Waals surface area contributed by atoms with Crippen molar-refractivity contribution in [1.29, 1.82) is 0 Å². The number of benzene rings is 23. The molecule has 0 atom stereocenters. The molecule has 714 valence electrons. The molecule has 149 heavy (non-hydrogen) atoms. The van der Waals surface area contributed by atoms with Gasteiger partial charge in [0, 0.05) is 75.4 Å². The molecule has 0 saturated heterocycles. The molecule has 30 aromatic rings. The molecule has 23 aromatic carbocycles. The summed E-state index contributed by atoms with van der Waals surface area (Å²) in [5.74, 6) is 0. The summed E-state index contributed by atoms with van der Waals surface area (Å²) in [6, 6.07) is 177. The normalized spacial score (nSPS) is 11.6. The first-order valence-corrected chi connectivity index (χ1v) is 51.3. The van der Waals surface area contributed by atoms with E-state index in [0.29, 0.717) is 0 Å². The molecule has 7 nitrogen and oxygen atoms in total. The number of hydrogen-bond acceptors (Lipinski definition) is 7. The first kappa shape index (κ1) is 91.6. The van der Waals surface area contributed by atoms with E-state index in [1.807, 2.05) is 103 Å². The van der Waals surface area contributed by atoms with E-state index in [-0.39, 0.29) is 5.41 Å². The maximum Gasteiger partial charge on any atom is 0.135 e. The average molecular weight is 1920 g/mol. The van der Waals surface area contributed by atoms with Gasteiger partial charge in [-0.2, -0.15) is 0 Å². The lowest BCUT2D eigenvalue weighted by Crippen LogP contribution is -2.10. The highest BCUT2D eigenvalue weighted by Gasteiger charge is 2.19. The Kier molecular flexibility index (Phi) is 24.7. The molecule has 0 fully saturated rings. The fourth-order valence-electron chi connectivity index (χ4n) is 21.4. The summed E-state index contributed by atoms with van der Waals surface area (Å²) >= 11 is 0. The lowest BCUT2D eigenvalue weighted by molar-refractivity contribution is 0.590. The Morgan fingerprint density at radius 1 is 0.141 bits per heavy atom. The highest BCUT2D eigenvalue weighted by molar-refractivity contribution is 6.11. The van der Waals surface area contributed by atoms with Crippen molar-refractivity contribution in [3.63, 3.8) is 0 Å². The zero-order chi connectivity index (χ0) is 99.7. The van der Waals surface area contributed by atoms with Gasteiger partial charge in [0.25, 0.3) is 0 Å². The molecule has 0 N–H and O–H groups in total. The van der Waals surface area contributed by atoms with Crippen LogP contribution in [0.4, 0.5) is 0 Å². The largest absolute Gasteiger partial charge is 0.456 e. The molecular weight excluding hydrogens is 1820 g/mol. The topological polar surface area (TPSA) is 92.0 Å². The summed E-state index contributed by atoms with van der Waals surface area (Å²) in [5.41, 5.74) is 33.0. The molecule has 30 rings (SSSR count). The Bertz CT molecular complexity index is 10000. The summed E-state index contributed by atoms with van der Waals surface area (Å²) in [5, 5.41) is 24.3. The van der Waals surface area contributed by atoms with Gasteiger partial charge in [-0.15, -0.1) is 0 Å². The zero-order valence-electron chi connectivity index (χ0n) is 83.0. The minimum absolute atomic E-state index is 0.200. The van der Waals surface area contributed by atoms with Crippen LogP contribution in [-0.4, -0.2) is 0 Å². The summed E-state index contributed by atoms with van der Waals surface area (Å²) in [7, 11) is 0. The van der Waals surface area contributed by atoms with E-state index >= 15 is 0 Å². The lowest BCUT2D eigenvalue weighted by atomic mass is 9.86. The Labute approximate surface area is 862 Å². The molecule has 0 aliphatic rings. The molecule has 0 radical (unpaired) electrons. The van der Waals surface area contributed by atoms with Crippen LogP contribution < -0.4 is 0 Å². The van der Waals surface area contributed by atoms with Gasteiger partial charge in [-0.1, -0.05) is 439 Å². The molecule has 0 spiro atoms. The molecule has 0 amide bonds. The third kappa shape index (κ3) is 19.4. The molecule has 7 aromatic heterocycles. The van der Waals surface area contributed by atoms with E-state index in [1.165, 1.54) is 191 Å². The maximum absolute atomic E-state index is 6.05. The number of fused-ring (bicyclic) bond motifs is 24. The first-order valence-electron chi connectivity index (χ1n) is 51.3. The summed E-state index contributed by atoms with van der Waals surface area (Å²) in [4.78, 5) is 0. The van der Waals surface area contributed by atoms with Gasteiger partial charge in [0.05, 0.1) is 0 Å². The molecule has 0 aliphatic carbocycles. The maximum atomic E-state index is 6.05. The second-order valence-corrected chi connectivity index (χ2v) is 40.0. The Morgan fingerprint density at radius 2 is 0.369 bits per heavy atom. The van der Waals surface area contributed by atoms with Crippen LogP contribution in [0.3, 0.4) is 0 Å². The van der Waals surface area contributed by atoms with Gasteiger partial charge in [0.15, 0.2) is 0 Å². The minimum atomic E-state index is 0.200. The molecule has 0 unspecified atom stereocenters. The van der Waals surface area contributed by atoms with Crippen LogP contribution in [0.5, 0.6) is 0 Å². The highest BCUT2D eigenvalue weighted by atomic mass is 16.4. The van der Waals surface area contributed by atoms with Gasteiger partial charge in [0.1, 0.15) is 78.2 Å². The summed E-state index contributed by atoms with van der Waals surface area (Å²) in [6.07, 6.45) is 5.43. The fraction of sp³-hybridized carbons (Fsp3) is 0.0704. The van der Waals surface area contributed by atoms with E-state index in [4.69, 9.17) is 30.9 Å². The zero-order valence-corrected chi connectivity index (χ0v) is 83.0. The van der Waals surface area contributed by atoms with Gasteiger partial charge < -0.3 is 30.9 Å². The van der Waals surface area contributed by atoms with Crippen molar-refractivity contribution in [2.45, 2.75) is 64.7 Å². The second-order valence-electron chi connectivity index (χ2n) is 40.0. The van der Waals surface area contributed by atoms with Crippen LogP contribution >= 0.6 is 0 Å². The number of para-hydroxylation sites is 7. The average Bonchev–Trinajstić information content (AvgIpc) is 1.62. The van der Waals surface area contributed by atoms with E-state index in [1.54, 1.807) is 0 Å². The molecule has 0 aliphatic heterocycles. The van der Waals surface area contributed by atoms with Gasteiger partial charge >= 0.3 is 0 Å². The molecule has 0 saturated carbocycles. The van der Waals surface area contributed by atoms with E-state index < -0.39 is 0 Å². The van der Waals surface area contributed by atoms with Crippen molar-refractivity contribution in [2.75, 3.05) is 0 Å². The van der Waals surface area contributed by atoms with E-state index in [0.717, 1.165) is 117 Å². The third-order valence-corrected chi connectivity index (χ3v) is 28.9. The minimum Gasteiger partial charge on any atom is -0.456 e. The number of furan rings is 7. The van der Waals surface area contributed by atoms with Crippen molar-refractivity contribution >= 4 is 186 Å². The highest BCUT2D eigenvalue weighted by Crippen LogP contribution is 2.41. The van der Waals surface area contributed by atoms with Crippen molar-refractivity contribution < 1.29 is 30.9 Å². The Hall–Kier alpha value is -18.6. The van der Waals surface area contributed by atoms with Crippen LogP contribution in [0.2, 0.25) is 0 Å².